The number of phenols is 1. The van der Waals surface area contributed by atoms with E-state index in [1.54, 1.807) is 19.0 Å². The number of carbonyl (C=O) groups is 4. The van der Waals surface area contributed by atoms with Crippen molar-refractivity contribution in [3.63, 3.8) is 0 Å². The summed E-state index contributed by atoms with van der Waals surface area (Å²) >= 11 is 0. The third kappa shape index (κ3) is 4.78. The minimum atomic E-state index is -2.79. The highest BCUT2D eigenvalue weighted by molar-refractivity contribution is 6.24. The number of phenolic OH excluding ortho intramolecular Hbond substituents is 1. The molecule has 0 bridgehead atoms. The lowest BCUT2D eigenvalue weighted by molar-refractivity contribution is -0.384. The number of aromatic hydroxyl groups is 1. The van der Waals surface area contributed by atoms with Crippen LogP contribution >= 0.6 is 0 Å². The van der Waals surface area contributed by atoms with Crippen LogP contribution in [0.4, 0.5) is 27.5 Å². The van der Waals surface area contributed by atoms with E-state index < -0.39 is 74.7 Å². The lowest BCUT2D eigenvalue weighted by Crippen LogP contribution is -2.65. The van der Waals surface area contributed by atoms with Crippen LogP contribution in [0.3, 0.4) is 0 Å². The summed E-state index contributed by atoms with van der Waals surface area (Å²) in [5.41, 5.74) is 1.86. The van der Waals surface area contributed by atoms with Crippen LogP contribution in [0.2, 0.25) is 0 Å². The number of aliphatic hydroxyl groups is 3. The van der Waals surface area contributed by atoms with Crippen molar-refractivity contribution in [1.82, 2.24) is 4.90 Å². The van der Waals surface area contributed by atoms with Gasteiger partial charge >= 0.3 is 6.03 Å². The van der Waals surface area contributed by atoms with Crippen LogP contribution in [0.5, 0.6) is 5.75 Å². The molecule has 8 N–H and O–H groups in total. The summed E-state index contributed by atoms with van der Waals surface area (Å²) in [6.45, 7) is 0. The summed E-state index contributed by atoms with van der Waals surface area (Å²) in [6, 6.07) is 4.43. The van der Waals surface area contributed by atoms with Crippen molar-refractivity contribution in [3.05, 3.63) is 68.5 Å². The second-order valence-corrected chi connectivity index (χ2v) is 11.9. The van der Waals surface area contributed by atoms with Crippen LogP contribution in [0.25, 0.3) is 5.76 Å². The van der Waals surface area contributed by atoms with Crippen molar-refractivity contribution in [3.8, 4) is 5.75 Å². The van der Waals surface area contributed by atoms with Crippen LogP contribution < -0.4 is 21.3 Å². The zero-order valence-corrected chi connectivity index (χ0v) is 25.2. The van der Waals surface area contributed by atoms with Crippen LogP contribution in [0.15, 0.2) is 47.2 Å². The quantitative estimate of drug-likeness (QED) is 0.103. The highest BCUT2D eigenvalue weighted by atomic mass is 16.6. The maximum absolute atomic E-state index is 14.1. The molecule has 16 nitrogen and oxygen atoms in total. The molecular weight excluding hydrogens is 604 g/mol. The van der Waals surface area contributed by atoms with E-state index >= 15 is 0 Å². The number of nitro groups is 1. The number of amides is 3. The molecule has 1 saturated carbocycles. The van der Waals surface area contributed by atoms with E-state index in [-0.39, 0.29) is 41.0 Å². The summed E-state index contributed by atoms with van der Waals surface area (Å²) in [6.07, 6.45) is -0.0120. The smallest absolute Gasteiger partial charge is 0.323 e. The first-order valence-corrected chi connectivity index (χ1v) is 14.0. The maximum atomic E-state index is 14.1. The molecule has 2 aromatic carbocycles. The predicted octanol–water partition coefficient (Wildman–Crippen LogP) is 1.58. The minimum Gasteiger partial charge on any atom is -0.508 e. The van der Waals surface area contributed by atoms with Crippen LogP contribution in [0, 0.1) is 22.0 Å². The van der Waals surface area contributed by atoms with Gasteiger partial charge in [-0.25, -0.2) is 4.79 Å². The number of likely N-dealkylation sites (N-methyl/N-ethyl adjacent to an activating group) is 1. The number of aliphatic hydroxyl groups excluding tert-OH is 2. The third-order valence-corrected chi connectivity index (χ3v) is 8.76. The Kier molecular flexibility index (Phi) is 7.74. The number of nitrogens with two attached hydrogens (primary N) is 1. The molecule has 4 atom stereocenters. The Morgan fingerprint density at radius 3 is 2.24 bits per heavy atom. The van der Waals surface area contributed by atoms with Crippen molar-refractivity contribution in [2.45, 2.75) is 24.5 Å². The zero-order valence-electron chi connectivity index (χ0n) is 25.2. The number of urea groups is 1. The fourth-order valence-corrected chi connectivity index (χ4v) is 6.74. The summed E-state index contributed by atoms with van der Waals surface area (Å²) in [5.74, 6) is -7.84. The topological polar surface area (TPSA) is 249 Å². The number of primary amides is 1. The lowest BCUT2D eigenvalue weighted by atomic mass is 9.57. The molecule has 0 aromatic heterocycles. The van der Waals surface area contributed by atoms with Crippen molar-refractivity contribution in [2.75, 3.05) is 43.7 Å². The zero-order chi connectivity index (χ0) is 34.0. The fourth-order valence-electron chi connectivity index (χ4n) is 6.74. The van der Waals surface area contributed by atoms with Gasteiger partial charge in [0.05, 0.1) is 22.2 Å². The first kappa shape index (κ1) is 31.9. The predicted molar refractivity (Wildman–Crippen MR) is 164 cm³/mol. The lowest BCUT2D eigenvalue weighted by Gasteiger charge is -2.50. The van der Waals surface area contributed by atoms with Gasteiger partial charge in [-0.15, -0.1) is 0 Å². The summed E-state index contributed by atoms with van der Waals surface area (Å²) in [5, 5.41) is 61.6. The second-order valence-electron chi connectivity index (χ2n) is 11.9. The number of benzene rings is 2. The number of hydrogen-bond donors (Lipinski definition) is 7. The van der Waals surface area contributed by atoms with E-state index in [1.807, 2.05) is 0 Å². The molecule has 3 aliphatic carbocycles. The number of non-ortho nitro benzene ring substituents is 1. The van der Waals surface area contributed by atoms with E-state index in [2.05, 4.69) is 10.6 Å². The molecule has 0 radical (unpaired) electrons. The van der Waals surface area contributed by atoms with E-state index in [1.165, 1.54) is 49.3 Å². The third-order valence-electron chi connectivity index (χ3n) is 8.76. The molecular formula is C30H32N6O10. The SMILES string of the molecule is CN(C)c1cc(NC(=O)Nc2ccc([N+](=O)[O-])cc2)c(O)c2c1C[C@H]1C[C@H]3[C@@H](N(C)C)C(=O)C(C(N)=O)=C(O)[C@@]3(O)C(=O)C1=C2O. The molecule has 0 spiro atoms. The van der Waals surface area contributed by atoms with Gasteiger partial charge < -0.3 is 41.7 Å². The molecule has 3 amide bonds. The molecule has 0 saturated heterocycles. The van der Waals surface area contributed by atoms with Gasteiger partial charge in [-0.05, 0) is 56.6 Å². The Hall–Kier alpha value is -5.48. The van der Waals surface area contributed by atoms with E-state index in [0.717, 1.165) is 0 Å². The first-order valence-electron chi connectivity index (χ1n) is 14.0. The number of rotatable bonds is 6. The number of fused-ring (bicyclic) bond motifs is 3. The van der Waals surface area contributed by atoms with Gasteiger partial charge in [-0.3, -0.25) is 29.4 Å². The van der Waals surface area contributed by atoms with Crippen LogP contribution in [-0.4, -0.2) is 93.6 Å². The Bertz CT molecular complexity index is 1780. The fraction of sp³-hybridized carbons (Fsp3) is 0.333. The first-order chi connectivity index (χ1) is 21.5. The van der Waals surface area contributed by atoms with Gasteiger partial charge in [0, 0.05) is 49.1 Å². The van der Waals surface area contributed by atoms with E-state index in [0.29, 0.717) is 11.3 Å². The number of anilines is 3. The van der Waals surface area contributed by atoms with Crippen molar-refractivity contribution < 1.29 is 44.5 Å². The highest BCUT2D eigenvalue weighted by Crippen LogP contribution is 2.54. The Labute approximate surface area is 261 Å². The number of ketones is 2. The highest BCUT2D eigenvalue weighted by Gasteiger charge is 2.64. The number of carbonyl (C=O) groups excluding carboxylic acids is 4. The molecule has 3 aliphatic rings. The largest absolute Gasteiger partial charge is 0.508 e. The molecule has 5 rings (SSSR count). The molecule has 2 aromatic rings. The number of nitro benzene ring substituents is 1. The van der Waals surface area contributed by atoms with E-state index in [4.69, 9.17) is 5.73 Å². The number of hydrogen-bond acceptors (Lipinski definition) is 12. The summed E-state index contributed by atoms with van der Waals surface area (Å²) < 4.78 is 0. The number of Topliss-reactive ketones (excluding diaryl/α,β-unsaturated/α-hetero) is 2. The summed E-state index contributed by atoms with van der Waals surface area (Å²) in [4.78, 5) is 65.8. The molecule has 242 valence electrons. The molecule has 0 heterocycles. The van der Waals surface area contributed by atoms with Crippen molar-refractivity contribution >= 4 is 52.0 Å². The van der Waals surface area contributed by atoms with Gasteiger partial charge in [0.15, 0.2) is 17.1 Å². The number of nitrogens with zero attached hydrogens (tertiary/aromatic N) is 3. The van der Waals surface area contributed by atoms with Crippen LogP contribution in [0.1, 0.15) is 17.5 Å². The Morgan fingerprint density at radius 2 is 1.70 bits per heavy atom. The van der Waals surface area contributed by atoms with E-state index in [9.17, 15) is 49.7 Å². The molecule has 0 aliphatic heterocycles. The Balaban J connectivity index is 1.60. The van der Waals surface area contributed by atoms with Gasteiger partial charge in [0.1, 0.15) is 17.1 Å². The van der Waals surface area contributed by atoms with Gasteiger partial charge in [-0.1, -0.05) is 0 Å². The molecule has 46 heavy (non-hydrogen) atoms. The minimum absolute atomic E-state index is 0.0604. The van der Waals surface area contributed by atoms with Gasteiger partial charge in [0.2, 0.25) is 5.78 Å². The average molecular weight is 637 g/mol. The average Bonchev–Trinajstić information content (AvgIpc) is 2.96. The van der Waals surface area contributed by atoms with Crippen LogP contribution in [-0.2, 0) is 20.8 Å². The van der Waals surface area contributed by atoms with Crippen molar-refractivity contribution in [2.24, 2.45) is 17.6 Å². The number of nitrogens with one attached hydrogen (secondary N) is 2. The van der Waals surface area contributed by atoms with Gasteiger partial charge in [-0.2, -0.15) is 0 Å². The van der Waals surface area contributed by atoms with Gasteiger partial charge in [0.25, 0.3) is 11.6 Å². The maximum Gasteiger partial charge on any atom is 0.323 e. The second kappa shape index (κ2) is 11.1. The standard InChI is InChI=1S/C30H32N6O10/c1-34(2)18-11-17(33-29(43)32-13-5-7-14(8-6-13)36(45)46)23(37)20-15(18)9-12-10-16-22(35(3)4)25(39)21(28(31)42)27(41)30(16,44)26(40)19(12)24(20)38/h5-8,11-12,16,22,37-38,41,44H,9-10H2,1-4H3,(H2,31,42)(H2,32,33,43)/t12-,16-,22+,30-/m0/s1. The summed E-state index contributed by atoms with van der Waals surface area (Å²) in [7, 11) is 6.40. The molecule has 1 fully saturated rings. The monoisotopic (exact) mass is 636 g/mol. The molecule has 0 unspecified atom stereocenters. The normalized spacial score (nSPS) is 23.8. The molecule has 16 heteroatoms. The van der Waals surface area contributed by atoms with Crippen molar-refractivity contribution in [1.29, 1.82) is 0 Å². The Morgan fingerprint density at radius 1 is 1.07 bits per heavy atom.